The second-order valence-corrected chi connectivity index (χ2v) is 8.30. The van der Waals surface area contributed by atoms with E-state index >= 15 is 0 Å². The molecule has 2 fully saturated rings. The van der Waals surface area contributed by atoms with E-state index in [0.717, 1.165) is 41.1 Å². The smallest absolute Gasteiger partial charge is 0.303 e. The van der Waals surface area contributed by atoms with Crippen LogP contribution in [0.25, 0.3) is 10.2 Å². The molecular weight excluding hydrogens is 358 g/mol. The zero-order valence-electron chi connectivity index (χ0n) is 15.3. The van der Waals surface area contributed by atoms with E-state index in [4.69, 9.17) is 0 Å². The topological polar surface area (TPSA) is 52.0 Å². The number of amides is 2. The normalized spacial score (nSPS) is 23.6. The maximum Gasteiger partial charge on any atom is 0.328 e. The molecule has 0 spiro atoms. The Labute approximate surface area is 162 Å². The quantitative estimate of drug-likeness (QED) is 0.814. The minimum absolute atomic E-state index is 0.0636. The summed E-state index contributed by atoms with van der Waals surface area (Å²) in [5, 5.41) is 0. The number of benzene rings is 1. The Kier molecular flexibility index (Phi) is 4.41. The molecule has 7 heteroatoms. The third-order valence-electron chi connectivity index (χ3n) is 5.74. The fourth-order valence-corrected chi connectivity index (χ4v) is 5.02. The summed E-state index contributed by atoms with van der Waals surface area (Å²) < 4.78 is 1.12. The molecule has 4 heterocycles. The number of carbonyl (C=O) groups is 1. The van der Waals surface area contributed by atoms with Gasteiger partial charge in [0.2, 0.25) is 0 Å². The van der Waals surface area contributed by atoms with E-state index in [9.17, 15) is 4.79 Å². The van der Waals surface area contributed by atoms with Gasteiger partial charge in [-0.15, -0.1) is 11.3 Å². The molecule has 3 aliphatic heterocycles. The summed E-state index contributed by atoms with van der Waals surface area (Å²) in [6.07, 6.45) is 7.38. The van der Waals surface area contributed by atoms with Gasteiger partial charge in [-0.25, -0.2) is 9.78 Å². The van der Waals surface area contributed by atoms with Crippen LogP contribution in [0, 0.1) is 5.92 Å². The summed E-state index contributed by atoms with van der Waals surface area (Å²) in [6.45, 7) is 4.80. The zero-order chi connectivity index (χ0) is 18.2. The van der Waals surface area contributed by atoms with Crippen molar-refractivity contribution in [2.24, 2.45) is 10.9 Å². The number of anilines is 1. The number of aliphatic imine (C=N–C) groups is 1. The number of fused-ring (bicyclic) bond motifs is 1. The predicted molar refractivity (Wildman–Crippen MR) is 109 cm³/mol. The van der Waals surface area contributed by atoms with Crippen molar-refractivity contribution < 1.29 is 4.79 Å². The van der Waals surface area contributed by atoms with Crippen LogP contribution in [0.3, 0.4) is 0 Å². The van der Waals surface area contributed by atoms with Gasteiger partial charge in [-0.1, -0.05) is 0 Å². The fraction of sp³-hybridized carbons (Fsp3) is 0.450. The standard InChI is InChI=1S/C20H23N5OS/c26-20-24(16-3-4-17-19(11-16)27-14-22-17)9-10-25(20)18-12-21-6-5-15(18)13-23-7-1-2-8-23/h3-4,6,11-12,14-15H,1-2,5,7-10,13H2. The zero-order valence-corrected chi connectivity index (χ0v) is 16.1. The number of likely N-dealkylation sites (tertiary alicyclic amines) is 1. The highest BCUT2D eigenvalue weighted by molar-refractivity contribution is 7.16. The number of urea groups is 1. The summed E-state index contributed by atoms with van der Waals surface area (Å²) >= 11 is 1.61. The highest BCUT2D eigenvalue weighted by atomic mass is 32.1. The second kappa shape index (κ2) is 7.05. The molecule has 3 aliphatic rings. The van der Waals surface area contributed by atoms with Gasteiger partial charge in [-0.05, 0) is 50.6 Å². The first-order valence-electron chi connectivity index (χ1n) is 9.66. The summed E-state index contributed by atoms with van der Waals surface area (Å²) in [5.74, 6) is 0.355. The largest absolute Gasteiger partial charge is 0.328 e. The Morgan fingerprint density at radius 3 is 2.85 bits per heavy atom. The fourth-order valence-electron chi connectivity index (χ4n) is 4.31. The monoisotopic (exact) mass is 381 g/mol. The first-order chi connectivity index (χ1) is 13.3. The first kappa shape index (κ1) is 16.9. The number of aromatic nitrogens is 1. The average molecular weight is 382 g/mol. The van der Waals surface area contributed by atoms with Crippen molar-refractivity contribution in [3.8, 4) is 0 Å². The molecule has 2 aromatic rings. The molecule has 0 N–H and O–H groups in total. The van der Waals surface area contributed by atoms with Crippen molar-refractivity contribution in [3.05, 3.63) is 35.6 Å². The molecule has 140 valence electrons. The molecule has 5 rings (SSSR count). The number of hydrogen-bond acceptors (Lipinski definition) is 5. The lowest BCUT2D eigenvalue weighted by Gasteiger charge is -2.31. The van der Waals surface area contributed by atoms with Gasteiger partial charge in [0.1, 0.15) is 0 Å². The van der Waals surface area contributed by atoms with Crippen LogP contribution in [0.5, 0.6) is 0 Å². The average Bonchev–Trinajstić information content (AvgIpc) is 3.43. The summed E-state index contributed by atoms with van der Waals surface area (Å²) in [7, 11) is 0. The highest BCUT2D eigenvalue weighted by Gasteiger charge is 2.36. The van der Waals surface area contributed by atoms with E-state index in [1.165, 1.54) is 25.9 Å². The molecule has 2 saturated heterocycles. The Hall–Kier alpha value is -2.25. The van der Waals surface area contributed by atoms with Gasteiger partial charge in [0, 0.05) is 49.4 Å². The molecule has 2 amide bonds. The van der Waals surface area contributed by atoms with Crippen LogP contribution in [0.4, 0.5) is 10.5 Å². The number of thiazole rings is 1. The van der Waals surface area contributed by atoms with Gasteiger partial charge in [0.05, 0.1) is 15.7 Å². The van der Waals surface area contributed by atoms with Gasteiger partial charge in [0.15, 0.2) is 0 Å². The van der Waals surface area contributed by atoms with Gasteiger partial charge < -0.3 is 4.90 Å². The molecule has 1 aromatic heterocycles. The summed E-state index contributed by atoms with van der Waals surface area (Å²) in [4.78, 5) is 28.2. The van der Waals surface area contributed by atoms with Gasteiger partial charge >= 0.3 is 6.03 Å². The SMILES string of the molecule is O=C1N(C2=CN=CCC2CN2CCCC2)CCN1c1ccc2ncsc2c1. The summed E-state index contributed by atoms with van der Waals surface area (Å²) in [5.41, 5.74) is 4.87. The van der Waals surface area contributed by atoms with Crippen molar-refractivity contribution >= 4 is 39.5 Å². The van der Waals surface area contributed by atoms with E-state index in [0.29, 0.717) is 12.5 Å². The summed E-state index contributed by atoms with van der Waals surface area (Å²) in [6, 6.07) is 6.13. The molecule has 0 aliphatic carbocycles. The number of hydrogen-bond donors (Lipinski definition) is 0. The lowest BCUT2D eigenvalue weighted by Crippen LogP contribution is -2.38. The molecule has 1 aromatic carbocycles. The lowest BCUT2D eigenvalue weighted by atomic mass is 9.99. The van der Waals surface area contributed by atoms with Crippen molar-refractivity contribution in [1.29, 1.82) is 0 Å². The molecule has 0 bridgehead atoms. The van der Waals surface area contributed by atoms with Crippen molar-refractivity contribution in [1.82, 2.24) is 14.8 Å². The minimum atomic E-state index is 0.0636. The van der Waals surface area contributed by atoms with Crippen LogP contribution < -0.4 is 4.90 Å². The van der Waals surface area contributed by atoms with Crippen LogP contribution >= 0.6 is 11.3 Å². The lowest BCUT2D eigenvalue weighted by molar-refractivity contribution is 0.219. The van der Waals surface area contributed by atoms with Gasteiger partial charge in [-0.2, -0.15) is 0 Å². The minimum Gasteiger partial charge on any atom is -0.303 e. The molecule has 1 unspecified atom stereocenters. The van der Waals surface area contributed by atoms with Gasteiger partial charge in [0.25, 0.3) is 0 Å². The van der Waals surface area contributed by atoms with Crippen LogP contribution in [-0.2, 0) is 0 Å². The Morgan fingerprint density at radius 2 is 1.96 bits per heavy atom. The number of nitrogens with zero attached hydrogens (tertiary/aromatic N) is 5. The predicted octanol–water partition coefficient (Wildman–Crippen LogP) is 3.57. The maximum absolute atomic E-state index is 13.2. The van der Waals surface area contributed by atoms with Crippen LogP contribution in [0.2, 0.25) is 0 Å². The van der Waals surface area contributed by atoms with Gasteiger partial charge in [-0.3, -0.25) is 14.8 Å². The van der Waals surface area contributed by atoms with Crippen LogP contribution in [0.15, 0.2) is 40.6 Å². The second-order valence-electron chi connectivity index (χ2n) is 7.42. The molecule has 27 heavy (non-hydrogen) atoms. The third-order valence-corrected chi connectivity index (χ3v) is 6.54. The Balaban J connectivity index is 1.36. The first-order valence-corrected chi connectivity index (χ1v) is 10.5. The van der Waals surface area contributed by atoms with Crippen molar-refractivity contribution in [2.75, 3.05) is 37.6 Å². The van der Waals surface area contributed by atoms with Crippen LogP contribution in [-0.4, -0.2) is 59.8 Å². The molecule has 1 atom stereocenters. The molecule has 0 radical (unpaired) electrons. The Bertz CT molecular complexity index is 914. The number of carbonyl (C=O) groups excluding carboxylic acids is 1. The van der Waals surface area contributed by atoms with Crippen molar-refractivity contribution in [2.45, 2.75) is 19.3 Å². The van der Waals surface area contributed by atoms with E-state index in [2.05, 4.69) is 20.9 Å². The van der Waals surface area contributed by atoms with E-state index < -0.39 is 0 Å². The van der Waals surface area contributed by atoms with E-state index in [1.54, 1.807) is 11.3 Å². The molecular formula is C20H23N5OS. The number of rotatable bonds is 4. The maximum atomic E-state index is 13.2. The molecule has 6 nitrogen and oxygen atoms in total. The third kappa shape index (κ3) is 3.15. The molecule has 0 saturated carbocycles. The van der Waals surface area contributed by atoms with Crippen LogP contribution in [0.1, 0.15) is 19.3 Å². The highest BCUT2D eigenvalue weighted by Crippen LogP contribution is 2.31. The Morgan fingerprint density at radius 1 is 1.11 bits per heavy atom. The van der Waals surface area contributed by atoms with Crippen molar-refractivity contribution in [3.63, 3.8) is 0 Å². The van der Waals surface area contributed by atoms with E-state index in [-0.39, 0.29) is 6.03 Å². The van der Waals surface area contributed by atoms with E-state index in [1.807, 2.05) is 39.9 Å².